The Hall–Kier alpha value is -0.730. The molecular weight excluding hydrogens is 332 g/mol. The molecule has 6 nitrogen and oxygen atoms in total. The minimum atomic E-state index is -3.15. The molecule has 0 aliphatic carbocycles. The summed E-state index contributed by atoms with van der Waals surface area (Å²) in [6, 6.07) is 0. The van der Waals surface area contributed by atoms with E-state index < -0.39 is 10.0 Å². The van der Waals surface area contributed by atoms with Crippen LogP contribution < -0.4 is 9.62 Å². The minimum Gasteiger partial charge on any atom is -0.355 e. The van der Waals surface area contributed by atoms with E-state index >= 15 is 0 Å². The maximum absolute atomic E-state index is 11.3. The predicted molar refractivity (Wildman–Crippen MR) is 77.7 cm³/mol. The molecule has 106 valence electrons. The standard InChI is InChI=1S/C11H17BrN4O2S/c12-9-19(17,18)15-7-10-1-5-16(6-2-10)11-8-13-3-4-14-11/h3-4,8,10,15H,1-2,5-7,9H2. The fourth-order valence-corrected chi connectivity index (χ4v) is 3.16. The minimum absolute atomic E-state index is 0.0432. The number of nitrogens with zero attached hydrogens (tertiary/aromatic N) is 3. The van der Waals surface area contributed by atoms with Gasteiger partial charge in [-0.3, -0.25) is 4.98 Å². The van der Waals surface area contributed by atoms with Crippen LogP contribution in [0.15, 0.2) is 18.6 Å². The van der Waals surface area contributed by atoms with Crippen molar-refractivity contribution < 1.29 is 8.42 Å². The van der Waals surface area contributed by atoms with Crippen molar-refractivity contribution in [2.45, 2.75) is 12.8 Å². The zero-order valence-corrected chi connectivity index (χ0v) is 12.9. The lowest BCUT2D eigenvalue weighted by Gasteiger charge is -2.32. The highest BCUT2D eigenvalue weighted by Crippen LogP contribution is 2.20. The highest BCUT2D eigenvalue weighted by Gasteiger charge is 2.21. The molecule has 8 heteroatoms. The van der Waals surface area contributed by atoms with Crippen molar-refractivity contribution in [2.24, 2.45) is 5.92 Å². The molecule has 1 aliphatic heterocycles. The van der Waals surface area contributed by atoms with Gasteiger partial charge in [0.2, 0.25) is 10.0 Å². The summed E-state index contributed by atoms with van der Waals surface area (Å²) in [4.78, 5) is 10.5. The third-order valence-corrected chi connectivity index (χ3v) is 5.93. The van der Waals surface area contributed by atoms with Crippen LogP contribution in [0.3, 0.4) is 0 Å². The first-order chi connectivity index (χ1) is 9.11. The maximum atomic E-state index is 11.3. The molecule has 0 aromatic carbocycles. The van der Waals surface area contributed by atoms with Crippen LogP contribution in [-0.4, -0.2) is 42.7 Å². The molecule has 1 fully saturated rings. The molecule has 1 saturated heterocycles. The van der Waals surface area contributed by atoms with Crippen LogP contribution in [0.4, 0.5) is 5.82 Å². The molecular formula is C11H17BrN4O2S. The smallest absolute Gasteiger partial charge is 0.221 e. The summed E-state index contributed by atoms with van der Waals surface area (Å²) in [5, 5.41) is 0. The summed E-state index contributed by atoms with van der Waals surface area (Å²) >= 11 is 2.96. The van der Waals surface area contributed by atoms with Crippen molar-refractivity contribution in [2.75, 3.05) is 29.2 Å². The van der Waals surface area contributed by atoms with Gasteiger partial charge < -0.3 is 4.90 Å². The molecule has 0 amide bonds. The summed E-state index contributed by atoms with van der Waals surface area (Å²) in [6.07, 6.45) is 7.02. The first-order valence-corrected chi connectivity index (χ1v) is 8.92. The lowest BCUT2D eigenvalue weighted by molar-refractivity contribution is 0.401. The lowest BCUT2D eigenvalue weighted by atomic mass is 9.97. The van der Waals surface area contributed by atoms with E-state index in [2.05, 4.69) is 35.5 Å². The average molecular weight is 349 g/mol. The van der Waals surface area contributed by atoms with E-state index in [-0.39, 0.29) is 4.66 Å². The number of anilines is 1. The van der Waals surface area contributed by atoms with Crippen molar-refractivity contribution in [1.82, 2.24) is 14.7 Å². The van der Waals surface area contributed by atoms with Gasteiger partial charge in [-0.15, -0.1) is 0 Å². The molecule has 0 atom stereocenters. The first-order valence-electron chi connectivity index (χ1n) is 6.15. The van der Waals surface area contributed by atoms with Crippen LogP contribution >= 0.6 is 15.9 Å². The normalized spacial score (nSPS) is 17.6. The van der Waals surface area contributed by atoms with Gasteiger partial charge >= 0.3 is 0 Å². The third-order valence-electron chi connectivity index (χ3n) is 3.22. The highest BCUT2D eigenvalue weighted by atomic mass is 79.9. The SMILES string of the molecule is O=S(=O)(CBr)NCC1CCN(c2cnccn2)CC1. The lowest BCUT2D eigenvalue weighted by Crippen LogP contribution is -2.39. The van der Waals surface area contributed by atoms with Crippen LogP contribution in [-0.2, 0) is 10.0 Å². The zero-order chi connectivity index (χ0) is 13.7. The van der Waals surface area contributed by atoms with E-state index in [0.29, 0.717) is 12.5 Å². The van der Waals surface area contributed by atoms with Gasteiger partial charge in [0, 0.05) is 32.0 Å². The van der Waals surface area contributed by atoms with Gasteiger partial charge in [0.15, 0.2) is 0 Å². The molecule has 0 spiro atoms. The Kier molecular flexibility index (Phi) is 5.12. The fourth-order valence-electron chi connectivity index (χ4n) is 2.10. The number of piperidine rings is 1. The van der Waals surface area contributed by atoms with Gasteiger partial charge in [-0.05, 0) is 18.8 Å². The molecule has 0 bridgehead atoms. The van der Waals surface area contributed by atoms with Gasteiger partial charge in [0.25, 0.3) is 0 Å². The summed E-state index contributed by atoms with van der Waals surface area (Å²) in [5.41, 5.74) is 0. The third kappa shape index (κ3) is 4.39. The van der Waals surface area contributed by atoms with Crippen LogP contribution in [0.2, 0.25) is 0 Å². The Morgan fingerprint density at radius 1 is 1.37 bits per heavy atom. The van der Waals surface area contributed by atoms with E-state index in [1.54, 1.807) is 18.6 Å². The van der Waals surface area contributed by atoms with Crippen LogP contribution in [0.25, 0.3) is 0 Å². The number of sulfonamides is 1. The molecule has 19 heavy (non-hydrogen) atoms. The number of rotatable bonds is 5. The summed E-state index contributed by atoms with van der Waals surface area (Å²) < 4.78 is 25.3. The van der Waals surface area contributed by atoms with Crippen molar-refractivity contribution >= 4 is 31.8 Å². The second-order valence-corrected chi connectivity index (χ2v) is 7.68. The predicted octanol–water partition coefficient (Wildman–Crippen LogP) is 0.965. The van der Waals surface area contributed by atoms with Gasteiger partial charge in [0.05, 0.1) is 6.20 Å². The van der Waals surface area contributed by atoms with Crippen molar-refractivity contribution in [3.63, 3.8) is 0 Å². The molecule has 1 aromatic heterocycles. The van der Waals surface area contributed by atoms with Crippen molar-refractivity contribution in [3.8, 4) is 0 Å². The van der Waals surface area contributed by atoms with E-state index in [9.17, 15) is 8.42 Å². The van der Waals surface area contributed by atoms with Crippen LogP contribution in [0.1, 0.15) is 12.8 Å². The number of halogens is 1. The fraction of sp³-hybridized carbons (Fsp3) is 0.636. The summed E-state index contributed by atoms with van der Waals surface area (Å²) in [6.45, 7) is 2.29. The summed E-state index contributed by atoms with van der Waals surface area (Å²) in [5.74, 6) is 1.28. The largest absolute Gasteiger partial charge is 0.355 e. The second kappa shape index (κ2) is 6.62. The van der Waals surface area contributed by atoms with Gasteiger partial charge in [-0.2, -0.15) is 0 Å². The Morgan fingerprint density at radius 2 is 2.11 bits per heavy atom. The van der Waals surface area contributed by atoms with E-state index in [4.69, 9.17) is 0 Å². The summed E-state index contributed by atoms with van der Waals surface area (Å²) in [7, 11) is -3.15. The maximum Gasteiger partial charge on any atom is 0.221 e. The Bertz CT molecular complexity index is 489. The Labute approximate surface area is 121 Å². The Morgan fingerprint density at radius 3 is 2.68 bits per heavy atom. The molecule has 2 heterocycles. The number of nitrogens with one attached hydrogen (secondary N) is 1. The van der Waals surface area contributed by atoms with Gasteiger partial charge in [0.1, 0.15) is 10.5 Å². The van der Waals surface area contributed by atoms with Crippen molar-refractivity contribution in [3.05, 3.63) is 18.6 Å². The number of aromatic nitrogens is 2. The molecule has 1 aromatic rings. The van der Waals surface area contributed by atoms with Crippen LogP contribution in [0.5, 0.6) is 0 Å². The Balaban J connectivity index is 1.80. The van der Waals surface area contributed by atoms with E-state index in [1.165, 1.54) is 0 Å². The molecule has 0 unspecified atom stereocenters. The number of hydrogen-bond donors (Lipinski definition) is 1. The second-order valence-electron chi connectivity index (χ2n) is 4.57. The number of hydrogen-bond acceptors (Lipinski definition) is 5. The van der Waals surface area contributed by atoms with Crippen LogP contribution in [0, 0.1) is 5.92 Å². The molecule has 0 saturated carbocycles. The monoisotopic (exact) mass is 348 g/mol. The topological polar surface area (TPSA) is 75.2 Å². The van der Waals surface area contributed by atoms with E-state index in [1.807, 2.05) is 0 Å². The highest BCUT2D eigenvalue weighted by molar-refractivity contribution is 9.10. The molecule has 1 aliphatic rings. The van der Waals surface area contributed by atoms with E-state index in [0.717, 1.165) is 31.7 Å². The van der Waals surface area contributed by atoms with Gasteiger partial charge in [-0.1, -0.05) is 15.9 Å². The van der Waals surface area contributed by atoms with Gasteiger partial charge in [-0.25, -0.2) is 18.1 Å². The molecule has 1 N–H and O–H groups in total. The quantitative estimate of drug-likeness (QED) is 0.802. The first kappa shape index (κ1) is 14.7. The molecule has 0 radical (unpaired) electrons. The zero-order valence-electron chi connectivity index (χ0n) is 10.5. The number of alkyl halides is 1. The van der Waals surface area contributed by atoms with Crippen molar-refractivity contribution in [1.29, 1.82) is 0 Å². The average Bonchev–Trinajstić information content (AvgIpc) is 2.47. The molecule has 2 rings (SSSR count).